The fourth-order valence-electron chi connectivity index (χ4n) is 5.46. The van der Waals surface area contributed by atoms with Gasteiger partial charge in [-0.1, -0.05) is 35.7 Å². The third-order valence-electron chi connectivity index (χ3n) is 7.25. The van der Waals surface area contributed by atoms with Crippen LogP contribution in [0, 0.1) is 11.8 Å². The summed E-state index contributed by atoms with van der Waals surface area (Å²) < 4.78 is 6.10. The lowest BCUT2D eigenvalue weighted by molar-refractivity contribution is 0.0276. The first-order valence-electron chi connectivity index (χ1n) is 12.3. The van der Waals surface area contributed by atoms with Gasteiger partial charge in [-0.2, -0.15) is 0 Å². The normalized spacial score (nSPS) is 21.3. The molecule has 2 bridgehead atoms. The van der Waals surface area contributed by atoms with Gasteiger partial charge in [0, 0.05) is 40.5 Å². The third kappa shape index (κ3) is 4.68. The maximum atomic E-state index is 12.9. The topological polar surface area (TPSA) is 66.6 Å². The fraction of sp³-hybridized carbons (Fsp3) is 0.267. The number of hydrogen-bond acceptors (Lipinski definition) is 5. The van der Waals surface area contributed by atoms with Crippen molar-refractivity contribution in [2.24, 2.45) is 0 Å². The summed E-state index contributed by atoms with van der Waals surface area (Å²) in [5.74, 6) is 6.86. The molecule has 0 aliphatic carbocycles. The number of aliphatic hydroxyl groups is 1. The summed E-state index contributed by atoms with van der Waals surface area (Å²) in [5.41, 5.74) is 3.91. The van der Waals surface area contributed by atoms with E-state index in [0.29, 0.717) is 46.1 Å². The van der Waals surface area contributed by atoms with Gasteiger partial charge in [0.1, 0.15) is 17.0 Å². The molecule has 0 amide bonds. The smallest absolute Gasteiger partial charge is 0.193 e. The highest BCUT2D eigenvalue weighted by Crippen LogP contribution is 2.36. The Morgan fingerprint density at radius 3 is 2.44 bits per heavy atom. The van der Waals surface area contributed by atoms with Crippen molar-refractivity contribution in [2.45, 2.75) is 50.4 Å². The van der Waals surface area contributed by atoms with Crippen molar-refractivity contribution in [3.63, 3.8) is 0 Å². The van der Waals surface area contributed by atoms with E-state index in [1.54, 1.807) is 18.3 Å². The molecule has 2 fully saturated rings. The molecule has 2 saturated heterocycles. The average Bonchev–Trinajstić information content (AvgIpc) is 3.11. The van der Waals surface area contributed by atoms with Crippen molar-refractivity contribution >= 4 is 22.6 Å². The monoisotopic (exact) mass is 496 g/mol. The highest BCUT2D eigenvalue weighted by Gasteiger charge is 2.40. The lowest BCUT2D eigenvalue weighted by atomic mass is 10.00. The number of aliphatic hydroxyl groups excluding tert-OH is 1. The molecule has 1 N–H and O–H groups in total. The predicted octanol–water partition coefficient (Wildman–Crippen LogP) is 5.40. The molecular weight excluding hydrogens is 472 g/mol. The standard InChI is InChI=1S/C30H25ClN2O3/c31-22-6-3-20(4-7-22)21-5-9-23(32-17-21)8-1-19-2-12-30-28(13-19)29(35)16-27(36-30)18-33-24-10-11-25(33)15-26(34)14-24/h2-7,9,12-13,16-17,24-26,34H,10-11,14-15,18H2. The highest BCUT2D eigenvalue weighted by atomic mass is 35.5. The van der Waals surface area contributed by atoms with Gasteiger partial charge in [-0.3, -0.25) is 9.69 Å². The Hall–Kier alpha value is -3.43. The molecule has 180 valence electrons. The van der Waals surface area contributed by atoms with Gasteiger partial charge in [0.2, 0.25) is 0 Å². The minimum atomic E-state index is -0.210. The first-order valence-corrected chi connectivity index (χ1v) is 12.6. The van der Waals surface area contributed by atoms with E-state index in [0.717, 1.165) is 42.4 Å². The first-order chi connectivity index (χ1) is 17.5. The Kier molecular flexibility index (Phi) is 6.10. The Labute approximate surface area is 214 Å². The van der Waals surface area contributed by atoms with Gasteiger partial charge in [0.15, 0.2) is 5.43 Å². The number of piperidine rings is 1. The molecule has 2 aliphatic heterocycles. The molecule has 2 atom stereocenters. The maximum absolute atomic E-state index is 12.9. The minimum absolute atomic E-state index is 0.0651. The second-order valence-corrected chi connectivity index (χ2v) is 10.1. The van der Waals surface area contributed by atoms with E-state index in [4.69, 9.17) is 16.0 Å². The number of fused-ring (bicyclic) bond motifs is 3. The van der Waals surface area contributed by atoms with Crippen LogP contribution in [0.25, 0.3) is 22.1 Å². The number of aromatic nitrogens is 1. The van der Waals surface area contributed by atoms with Crippen LogP contribution < -0.4 is 5.43 Å². The molecule has 6 heteroatoms. The van der Waals surface area contributed by atoms with Crippen LogP contribution in [0.1, 0.15) is 42.7 Å². The lowest BCUT2D eigenvalue weighted by Crippen LogP contribution is -2.44. The van der Waals surface area contributed by atoms with Crippen molar-refractivity contribution in [2.75, 3.05) is 0 Å². The second-order valence-electron chi connectivity index (χ2n) is 9.66. The molecule has 0 saturated carbocycles. The zero-order chi connectivity index (χ0) is 24.6. The van der Waals surface area contributed by atoms with E-state index in [9.17, 15) is 9.90 Å². The summed E-state index contributed by atoms with van der Waals surface area (Å²) in [5, 5.41) is 11.3. The summed E-state index contributed by atoms with van der Waals surface area (Å²) in [4.78, 5) is 19.7. The Bertz CT molecular complexity index is 1520. The minimum Gasteiger partial charge on any atom is -0.459 e. The Morgan fingerprint density at radius 2 is 1.72 bits per heavy atom. The molecule has 2 unspecified atom stereocenters. The van der Waals surface area contributed by atoms with E-state index >= 15 is 0 Å². The number of rotatable bonds is 3. The number of benzene rings is 2. The molecule has 6 rings (SSSR count). The molecule has 5 nitrogen and oxygen atoms in total. The van der Waals surface area contributed by atoms with Gasteiger partial charge >= 0.3 is 0 Å². The highest BCUT2D eigenvalue weighted by molar-refractivity contribution is 6.30. The van der Waals surface area contributed by atoms with Gasteiger partial charge in [-0.05, 0) is 73.6 Å². The second kappa shape index (κ2) is 9.55. The van der Waals surface area contributed by atoms with Crippen LogP contribution >= 0.6 is 11.6 Å². The summed E-state index contributed by atoms with van der Waals surface area (Å²) >= 11 is 5.97. The number of halogens is 1. The Morgan fingerprint density at radius 1 is 0.972 bits per heavy atom. The molecule has 0 spiro atoms. The van der Waals surface area contributed by atoms with Crippen molar-refractivity contribution < 1.29 is 9.52 Å². The summed E-state index contributed by atoms with van der Waals surface area (Å²) in [6.07, 6.45) is 5.38. The number of nitrogens with zero attached hydrogens (tertiary/aromatic N) is 2. The SMILES string of the molecule is O=c1cc(CN2C3CCC2CC(O)C3)oc2ccc(C#Cc3ccc(-c4ccc(Cl)cc4)cn3)cc12. The van der Waals surface area contributed by atoms with E-state index in [2.05, 4.69) is 21.7 Å². The van der Waals surface area contributed by atoms with Gasteiger partial charge in [-0.15, -0.1) is 0 Å². The number of pyridine rings is 1. The van der Waals surface area contributed by atoms with E-state index in [1.165, 1.54) is 0 Å². The van der Waals surface area contributed by atoms with Gasteiger partial charge in [-0.25, -0.2) is 4.98 Å². The molecule has 2 aromatic carbocycles. The average molecular weight is 497 g/mol. The first kappa shape index (κ1) is 23.0. The van der Waals surface area contributed by atoms with Gasteiger partial charge in [0.05, 0.1) is 18.0 Å². The molecule has 36 heavy (non-hydrogen) atoms. The van der Waals surface area contributed by atoms with Crippen LogP contribution in [0.3, 0.4) is 0 Å². The summed E-state index contributed by atoms with van der Waals surface area (Å²) in [6, 6.07) is 19.3. The van der Waals surface area contributed by atoms with Crippen molar-refractivity contribution in [1.29, 1.82) is 0 Å². The van der Waals surface area contributed by atoms with Crippen molar-refractivity contribution in [3.05, 3.63) is 99.1 Å². The van der Waals surface area contributed by atoms with Crippen LogP contribution in [0.15, 0.2) is 76.1 Å². The quantitative estimate of drug-likeness (QED) is 0.385. The molecule has 2 aliphatic rings. The molecule has 4 heterocycles. The van der Waals surface area contributed by atoms with Gasteiger partial charge < -0.3 is 9.52 Å². The van der Waals surface area contributed by atoms with E-state index in [-0.39, 0.29) is 11.5 Å². The van der Waals surface area contributed by atoms with Crippen LogP contribution in [0.2, 0.25) is 5.02 Å². The van der Waals surface area contributed by atoms with Crippen LogP contribution in [0.5, 0.6) is 0 Å². The van der Waals surface area contributed by atoms with Crippen LogP contribution in [0.4, 0.5) is 0 Å². The van der Waals surface area contributed by atoms with Crippen LogP contribution in [-0.4, -0.2) is 33.2 Å². The lowest BCUT2D eigenvalue weighted by Gasteiger charge is -2.36. The predicted molar refractivity (Wildman–Crippen MR) is 141 cm³/mol. The van der Waals surface area contributed by atoms with E-state index in [1.807, 2.05) is 48.5 Å². The van der Waals surface area contributed by atoms with Crippen LogP contribution in [-0.2, 0) is 6.54 Å². The third-order valence-corrected chi connectivity index (χ3v) is 7.50. The fourth-order valence-corrected chi connectivity index (χ4v) is 5.59. The number of hydrogen-bond donors (Lipinski definition) is 1. The molecular formula is C30H25ClN2O3. The Balaban J connectivity index is 1.20. The van der Waals surface area contributed by atoms with E-state index < -0.39 is 0 Å². The van der Waals surface area contributed by atoms with Crippen molar-refractivity contribution in [1.82, 2.24) is 9.88 Å². The summed E-state index contributed by atoms with van der Waals surface area (Å²) in [6.45, 7) is 0.604. The molecule has 4 aromatic rings. The van der Waals surface area contributed by atoms with Crippen molar-refractivity contribution in [3.8, 4) is 23.0 Å². The largest absolute Gasteiger partial charge is 0.459 e. The molecule has 2 aromatic heterocycles. The maximum Gasteiger partial charge on any atom is 0.193 e. The van der Waals surface area contributed by atoms with Gasteiger partial charge in [0.25, 0.3) is 0 Å². The zero-order valence-electron chi connectivity index (χ0n) is 19.7. The zero-order valence-corrected chi connectivity index (χ0v) is 20.4. The molecule has 0 radical (unpaired) electrons. The summed E-state index contributed by atoms with van der Waals surface area (Å²) in [7, 11) is 0.